The Kier molecular flexibility index (Phi) is 4.25. The number of carbonyl (C=O) groups excluding carboxylic acids is 2. The van der Waals surface area contributed by atoms with Crippen molar-refractivity contribution in [2.75, 3.05) is 23.4 Å². The quantitative estimate of drug-likeness (QED) is 0.790. The highest BCUT2D eigenvalue weighted by Crippen LogP contribution is 2.19. The molecule has 23 heavy (non-hydrogen) atoms. The van der Waals surface area contributed by atoms with Crippen LogP contribution in [0.1, 0.15) is 18.4 Å². The van der Waals surface area contributed by atoms with Gasteiger partial charge >= 0.3 is 6.03 Å². The average Bonchev–Trinajstić information content (AvgIpc) is 2.80. The zero-order chi connectivity index (χ0) is 16.4. The molecular formula is C15H19N3O4S. The lowest BCUT2D eigenvalue weighted by Crippen LogP contribution is -2.34. The van der Waals surface area contributed by atoms with Crippen LogP contribution in [0.3, 0.4) is 0 Å². The van der Waals surface area contributed by atoms with Crippen LogP contribution in [0.4, 0.5) is 10.5 Å². The summed E-state index contributed by atoms with van der Waals surface area (Å²) in [6, 6.07) is 6.91. The molecule has 2 fully saturated rings. The number of hydrogen-bond acceptors (Lipinski definition) is 5. The zero-order valence-electron chi connectivity index (χ0n) is 12.6. The van der Waals surface area contributed by atoms with Crippen LogP contribution < -0.4 is 10.6 Å². The van der Waals surface area contributed by atoms with Crippen molar-refractivity contribution >= 4 is 27.5 Å². The molecule has 3 rings (SSSR count). The van der Waals surface area contributed by atoms with Crippen LogP contribution >= 0.6 is 0 Å². The van der Waals surface area contributed by atoms with Gasteiger partial charge in [-0.15, -0.1) is 0 Å². The number of nitrogens with one attached hydrogen (secondary N) is 2. The van der Waals surface area contributed by atoms with Gasteiger partial charge < -0.3 is 10.6 Å². The lowest BCUT2D eigenvalue weighted by atomic mass is 10.1. The van der Waals surface area contributed by atoms with Gasteiger partial charge in [0.1, 0.15) is 0 Å². The first kappa shape index (κ1) is 15.8. The molecule has 0 saturated carbocycles. The van der Waals surface area contributed by atoms with Crippen molar-refractivity contribution < 1.29 is 18.0 Å². The van der Waals surface area contributed by atoms with Gasteiger partial charge in [0.15, 0.2) is 9.84 Å². The minimum Gasteiger partial charge on any atom is -0.381 e. The Morgan fingerprint density at radius 1 is 1.22 bits per heavy atom. The van der Waals surface area contributed by atoms with Crippen LogP contribution in [0.2, 0.25) is 0 Å². The maximum absolute atomic E-state index is 11.6. The van der Waals surface area contributed by atoms with Crippen molar-refractivity contribution in [1.82, 2.24) is 10.2 Å². The lowest BCUT2D eigenvalue weighted by Gasteiger charge is -2.24. The SMILES string of the molecule is O=C1CNC(=O)N1Cc1ccc(NC2CCCS(=O)(=O)C2)cc1. The van der Waals surface area contributed by atoms with Gasteiger partial charge in [0.2, 0.25) is 5.91 Å². The van der Waals surface area contributed by atoms with Crippen molar-refractivity contribution in [2.45, 2.75) is 25.4 Å². The van der Waals surface area contributed by atoms with E-state index in [0.29, 0.717) is 6.42 Å². The molecule has 124 valence electrons. The van der Waals surface area contributed by atoms with E-state index in [1.165, 1.54) is 4.90 Å². The van der Waals surface area contributed by atoms with E-state index in [-0.39, 0.29) is 42.6 Å². The Labute approximate surface area is 135 Å². The summed E-state index contributed by atoms with van der Waals surface area (Å²) >= 11 is 0. The molecule has 2 aliphatic heterocycles. The molecule has 0 spiro atoms. The smallest absolute Gasteiger partial charge is 0.324 e. The summed E-state index contributed by atoms with van der Waals surface area (Å²) in [5.41, 5.74) is 1.69. The number of urea groups is 1. The Hall–Kier alpha value is -2.09. The Morgan fingerprint density at radius 3 is 2.57 bits per heavy atom. The molecule has 2 aliphatic rings. The molecule has 1 aromatic rings. The molecule has 0 bridgehead atoms. The average molecular weight is 337 g/mol. The molecule has 2 N–H and O–H groups in total. The van der Waals surface area contributed by atoms with Crippen molar-refractivity contribution in [2.24, 2.45) is 0 Å². The molecule has 7 nitrogen and oxygen atoms in total. The van der Waals surface area contributed by atoms with Gasteiger partial charge in [-0.25, -0.2) is 13.2 Å². The van der Waals surface area contributed by atoms with E-state index in [1.54, 1.807) is 0 Å². The molecular weight excluding hydrogens is 318 g/mol. The number of amides is 3. The third kappa shape index (κ3) is 3.82. The maximum atomic E-state index is 11.6. The van der Waals surface area contributed by atoms with Crippen LogP contribution in [0.25, 0.3) is 0 Å². The van der Waals surface area contributed by atoms with Gasteiger partial charge in [-0.05, 0) is 30.5 Å². The number of nitrogens with zero attached hydrogens (tertiary/aromatic N) is 1. The van der Waals surface area contributed by atoms with Crippen LogP contribution in [0.5, 0.6) is 0 Å². The van der Waals surface area contributed by atoms with Crippen molar-refractivity contribution in [3.8, 4) is 0 Å². The van der Waals surface area contributed by atoms with Gasteiger partial charge in [0.05, 0.1) is 24.6 Å². The molecule has 3 amide bonds. The van der Waals surface area contributed by atoms with Crippen LogP contribution in [-0.4, -0.2) is 49.3 Å². The van der Waals surface area contributed by atoms with E-state index in [9.17, 15) is 18.0 Å². The topological polar surface area (TPSA) is 95.6 Å². The van der Waals surface area contributed by atoms with Gasteiger partial charge in [0.25, 0.3) is 0 Å². The molecule has 8 heteroatoms. The van der Waals surface area contributed by atoms with Gasteiger partial charge in [-0.3, -0.25) is 9.69 Å². The molecule has 0 aliphatic carbocycles. The van der Waals surface area contributed by atoms with E-state index in [4.69, 9.17) is 0 Å². The van der Waals surface area contributed by atoms with Gasteiger partial charge in [-0.1, -0.05) is 12.1 Å². The van der Waals surface area contributed by atoms with Crippen LogP contribution in [0, 0.1) is 0 Å². The Balaban J connectivity index is 1.61. The van der Waals surface area contributed by atoms with E-state index in [2.05, 4.69) is 10.6 Å². The minimum absolute atomic E-state index is 0.0502. The van der Waals surface area contributed by atoms with Crippen molar-refractivity contribution in [3.63, 3.8) is 0 Å². The normalized spacial score (nSPS) is 23.7. The van der Waals surface area contributed by atoms with Crippen LogP contribution in [0.15, 0.2) is 24.3 Å². The standard InChI is InChI=1S/C15H19N3O4S/c19-14-8-16-15(20)18(14)9-11-3-5-12(6-4-11)17-13-2-1-7-23(21,22)10-13/h3-6,13,17H,1-2,7-10H2,(H,16,20). The summed E-state index contributed by atoms with van der Waals surface area (Å²) in [6.07, 6.45) is 1.52. The molecule has 1 unspecified atom stereocenters. The second-order valence-corrected chi connectivity index (χ2v) is 8.16. The Bertz CT molecular complexity index is 699. The summed E-state index contributed by atoms with van der Waals surface area (Å²) in [4.78, 5) is 24.2. The van der Waals surface area contributed by atoms with Crippen molar-refractivity contribution in [3.05, 3.63) is 29.8 Å². The van der Waals surface area contributed by atoms with E-state index in [1.807, 2.05) is 24.3 Å². The zero-order valence-corrected chi connectivity index (χ0v) is 13.4. The highest BCUT2D eigenvalue weighted by atomic mass is 32.2. The molecule has 0 radical (unpaired) electrons. The predicted molar refractivity (Wildman–Crippen MR) is 85.7 cm³/mol. The summed E-state index contributed by atoms with van der Waals surface area (Å²) in [7, 11) is -2.94. The minimum atomic E-state index is -2.94. The molecule has 1 atom stereocenters. The molecule has 2 heterocycles. The number of anilines is 1. The summed E-state index contributed by atoms with van der Waals surface area (Å²) in [5.74, 6) is 0.206. The number of sulfone groups is 1. The first-order valence-corrected chi connectivity index (χ1v) is 9.39. The third-order valence-corrected chi connectivity index (χ3v) is 5.89. The lowest BCUT2D eigenvalue weighted by molar-refractivity contribution is -0.125. The second kappa shape index (κ2) is 6.19. The second-order valence-electron chi connectivity index (χ2n) is 5.93. The molecule has 0 aromatic heterocycles. The summed E-state index contributed by atoms with van der Waals surface area (Å²) in [5, 5.41) is 5.72. The summed E-state index contributed by atoms with van der Waals surface area (Å²) < 4.78 is 23.3. The number of benzene rings is 1. The molecule has 2 saturated heterocycles. The highest BCUT2D eigenvalue weighted by Gasteiger charge is 2.28. The van der Waals surface area contributed by atoms with E-state index in [0.717, 1.165) is 17.7 Å². The first-order valence-electron chi connectivity index (χ1n) is 7.57. The number of imide groups is 1. The highest BCUT2D eigenvalue weighted by molar-refractivity contribution is 7.91. The van der Waals surface area contributed by atoms with E-state index >= 15 is 0 Å². The number of hydrogen-bond donors (Lipinski definition) is 2. The fourth-order valence-electron chi connectivity index (χ4n) is 2.88. The fraction of sp³-hybridized carbons (Fsp3) is 0.467. The van der Waals surface area contributed by atoms with E-state index < -0.39 is 9.84 Å². The number of rotatable bonds is 4. The maximum Gasteiger partial charge on any atom is 0.324 e. The van der Waals surface area contributed by atoms with Crippen molar-refractivity contribution in [1.29, 1.82) is 0 Å². The van der Waals surface area contributed by atoms with Crippen LogP contribution in [-0.2, 0) is 21.2 Å². The van der Waals surface area contributed by atoms with Gasteiger partial charge in [0, 0.05) is 11.7 Å². The fourth-order valence-corrected chi connectivity index (χ4v) is 4.51. The monoisotopic (exact) mass is 337 g/mol. The first-order chi connectivity index (χ1) is 10.9. The largest absolute Gasteiger partial charge is 0.381 e. The van der Waals surface area contributed by atoms with Gasteiger partial charge in [-0.2, -0.15) is 0 Å². The number of carbonyl (C=O) groups is 2. The predicted octanol–water partition coefficient (Wildman–Crippen LogP) is 0.727. The third-order valence-electron chi connectivity index (χ3n) is 4.07. The Morgan fingerprint density at radius 2 is 1.96 bits per heavy atom. The molecule has 1 aromatic carbocycles. The summed E-state index contributed by atoms with van der Waals surface area (Å²) in [6.45, 7) is 0.289.